The van der Waals surface area contributed by atoms with E-state index < -0.39 is 43.6 Å². The molecule has 6 radical (unpaired) electrons. The van der Waals surface area contributed by atoms with Gasteiger partial charge in [0.1, 0.15) is 7.85 Å². The molecule has 0 aromatic heterocycles. The summed E-state index contributed by atoms with van der Waals surface area (Å²) in [6.07, 6.45) is 0. The van der Waals surface area contributed by atoms with Gasteiger partial charge in [0.25, 0.3) is 0 Å². The first-order valence-corrected chi connectivity index (χ1v) is 10.1. The van der Waals surface area contributed by atoms with Crippen LogP contribution in [0.1, 0.15) is 21.5 Å². The zero-order valence-electron chi connectivity index (χ0n) is 16.3. The Morgan fingerprint density at radius 1 is 1.10 bits per heavy atom. The summed E-state index contributed by atoms with van der Waals surface area (Å²) in [5, 5.41) is 0. The van der Waals surface area contributed by atoms with Crippen molar-refractivity contribution in [3.8, 4) is 0 Å². The Bertz CT molecular complexity index is 1160. The number of Topliss-reactive ketones (excluding diaryl/α,β-unsaturated/α-hetero) is 1. The molecule has 1 unspecified atom stereocenters. The molecule has 1 heterocycles. The molecule has 1 aliphatic heterocycles. The van der Waals surface area contributed by atoms with Crippen molar-refractivity contribution in [2.75, 3.05) is 7.11 Å². The second-order valence-electron chi connectivity index (χ2n) is 6.63. The van der Waals surface area contributed by atoms with Gasteiger partial charge in [0.05, 0.1) is 32.9 Å². The molecular formula is C19H14B3NO7S. The van der Waals surface area contributed by atoms with Gasteiger partial charge in [0, 0.05) is 0 Å². The van der Waals surface area contributed by atoms with Crippen molar-refractivity contribution in [3.05, 3.63) is 82.9 Å². The van der Waals surface area contributed by atoms with Crippen LogP contribution >= 0.6 is 0 Å². The summed E-state index contributed by atoms with van der Waals surface area (Å²) in [6.45, 7) is 0. The van der Waals surface area contributed by atoms with Crippen molar-refractivity contribution in [1.29, 1.82) is 0 Å². The second-order valence-corrected chi connectivity index (χ2v) is 8.38. The Hall–Kier alpha value is -3.14. The molecule has 0 aliphatic carbocycles. The molecule has 2 N–H and O–H groups in total. The molecule has 0 bridgehead atoms. The van der Waals surface area contributed by atoms with Gasteiger partial charge >= 0.3 is 16.1 Å². The summed E-state index contributed by atoms with van der Waals surface area (Å²) in [7, 11) is 14.0. The van der Waals surface area contributed by atoms with Crippen LogP contribution in [0.5, 0.6) is 0 Å². The normalized spacial score (nSPS) is 19.1. The molecule has 31 heavy (non-hydrogen) atoms. The fourth-order valence-corrected chi connectivity index (χ4v) is 3.75. The largest absolute Gasteiger partial charge is 0.467 e. The molecule has 1 atom stereocenters. The lowest BCUT2D eigenvalue weighted by Gasteiger charge is -2.26. The molecule has 0 saturated carbocycles. The number of hydrogen-bond donors (Lipinski definition) is 1. The Labute approximate surface area is 183 Å². The Morgan fingerprint density at radius 3 is 2.23 bits per heavy atom. The molecule has 0 spiro atoms. The minimum absolute atomic E-state index is 0.0120. The van der Waals surface area contributed by atoms with Gasteiger partial charge in [-0.25, -0.2) is 4.79 Å². The first-order chi connectivity index (χ1) is 14.4. The molecule has 8 nitrogen and oxygen atoms in total. The quantitative estimate of drug-likeness (QED) is 0.385. The third-order valence-corrected chi connectivity index (χ3v) is 6.05. The number of carbonyl (C=O) groups is 2. The van der Waals surface area contributed by atoms with Crippen LogP contribution < -0.4 is 5.73 Å². The van der Waals surface area contributed by atoms with E-state index in [1.807, 2.05) is 0 Å². The van der Waals surface area contributed by atoms with Gasteiger partial charge in [-0.2, -0.15) is 8.42 Å². The minimum Gasteiger partial charge on any atom is -0.467 e. The number of nitrogens with two attached hydrogens (primary N) is 1. The van der Waals surface area contributed by atoms with Crippen LogP contribution in [0.15, 0.2) is 66.2 Å². The molecule has 2 aromatic rings. The summed E-state index contributed by atoms with van der Waals surface area (Å²) in [4.78, 5) is 24.5. The first-order valence-electron chi connectivity index (χ1n) is 8.72. The standard InChI is InChI=1S/C19H14B3NO7S/c1-28-17(25)11-7-9-12(10-8-11)18(20)15(24)14(16(23)29-18)30-31(26,27)19(21,22)13-5-3-2-4-6-13/h2-10H,23H2,1H3. The van der Waals surface area contributed by atoms with Gasteiger partial charge in [-0.15, -0.1) is 0 Å². The Kier molecular flexibility index (Phi) is 5.71. The van der Waals surface area contributed by atoms with Crippen LogP contribution in [-0.2, 0) is 38.6 Å². The number of ketones is 1. The van der Waals surface area contributed by atoms with Crippen LogP contribution in [-0.4, -0.2) is 50.8 Å². The predicted octanol–water partition coefficient (Wildman–Crippen LogP) is 0.0155. The summed E-state index contributed by atoms with van der Waals surface area (Å²) in [5.41, 5.74) is 3.78. The predicted molar refractivity (Wildman–Crippen MR) is 112 cm³/mol. The maximum absolute atomic E-state index is 12.9. The van der Waals surface area contributed by atoms with Crippen LogP contribution in [0.25, 0.3) is 0 Å². The van der Waals surface area contributed by atoms with E-state index in [4.69, 9.17) is 38.2 Å². The molecule has 2 aromatic carbocycles. The van der Waals surface area contributed by atoms with Crippen LogP contribution in [0.3, 0.4) is 0 Å². The molecule has 1 aliphatic rings. The Balaban J connectivity index is 1.90. The number of esters is 1. The van der Waals surface area contributed by atoms with E-state index in [2.05, 4.69) is 4.74 Å². The monoisotopic (exact) mass is 433 g/mol. The van der Waals surface area contributed by atoms with Crippen molar-refractivity contribution in [1.82, 2.24) is 0 Å². The summed E-state index contributed by atoms with van der Waals surface area (Å²) in [6, 6.07) is 12.8. The molecule has 3 rings (SSSR count). The number of hydrogen-bond acceptors (Lipinski definition) is 8. The van der Waals surface area contributed by atoms with Crippen LogP contribution in [0.4, 0.5) is 0 Å². The van der Waals surface area contributed by atoms with Crippen LogP contribution in [0, 0.1) is 0 Å². The molecular weight excluding hydrogens is 419 g/mol. The highest BCUT2D eigenvalue weighted by molar-refractivity contribution is 7.90. The smallest absolute Gasteiger partial charge is 0.337 e. The third-order valence-electron chi connectivity index (χ3n) is 4.60. The lowest BCUT2D eigenvalue weighted by molar-refractivity contribution is -0.126. The number of benzene rings is 2. The van der Waals surface area contributed by atoms with E-state index in [-0.39, 0.29) is 16.7 Å². The minimum atomic E-state index is -4.82. The summed E-state index contributed by atoms with van der Waals surface area (Å²) in [5.74, 6) is -3.22. The van der Waals surface area contributed by atoms with Gasteiger partial charge in [-0.1, -0.05) is 42.5 Å². The summed E-state index contributed by atoms with van der Waals surface area (Å²) >= 11 is 0. The maximum atomic E-state index is 12.9. The molecule has 152 valence electrons. The molecule has 0 amide bonds. The SMILES string of the molecule is [B]C1(c2ccc(C(=O)OC)cc2)OC(N)=C(OS(=O)(=O)C([B])([B])c2ccccc2)C1=O. The van der Waals surface area contributed by atoms with Crippen LogP contribution in [0.2, 0.25) is 0 Å². The zero-order chi connectivity index (χ0) is 23.0. The highest BCUT2D eigenvalue weighted by Crippen LogP contribution is 2.38. The van der Waals surface area contributed by atoms with Gasteiger partial charge in [0.15, 0.2) is 5.50 Å². The zero-order valence-corrected chi connectivity index (χ0v) is 17.1. The molecule has 0 fully saturated rings. The Morgan fingerprint density at radius 2 is 1.68 bits per heavy atom. The van der Waals surface area contributed by atoms with Crippen molar-refractivity contribution in [2.45, 2.75) is 10.0 Å². The average Bonchev–Trinajstić information content (AvgIpc) is 2.97. The van der Waals surface area contributed by atoms with E-state index in [0.717, 1.165) is 0 Å². The molecule has 12 heteroatoms. The van der Waals surface area contributed by atoms with Crippen molar-refractivity contribution in [2.24, 2.45) is 5.73 Å². The van der Waals surface area contributed by atoms with E-state index in [9.17, 15) is 18.0 Å². The lowest BCUT2D eigenvalue weighted by Crippen LogP contribution is -2.40. The fourth-order valence-electron chi connectivity index (χ4n) is 2.81. The highest BCUT2D eigenvalue weighted by Gasteiger charge is 2.50. The van der Waals surface area contributed by atoms with Gasteiger partial charge in [0.2, 0.25) is 17.4 Å². The molecule has 0 saturated heterocycles. The maximum Gasteiger partial charge on any atom is 0.337 e. The van der Waals surface area contributed by atoms with Gasteiger partial charge < -0.3 is 19.4 Å². The summed E-state index contributed by atoms with van der Waals surface area (Å²) < 4.78 is 37.7. The third kappa shape index (κ3) is 3.83. The van der Waals surface area contributed by atoms with E-state index in [1.165, 1.54) is 55.6 Å². The van der Waals surface area contributed by atoms with Gasteiger partial charge in [-0.05, 0) is 23.3 Å². The first kappa shape index (κ1) is 22.5. The number of carbonyl (C=O) groups excluding carboxylic acids is 2. The average molecular weight is 433 g/mol. The lowest BCUT2D eigenvalue weighted by atomic mass is 9.65. The number of methoxy groups -OCH3 is 1. The fraction of sp³-hybridized carbons (Fsp3) is 0.158. The highest BCUT2D eigenvalue weighted by atomic mass is 32.2. The van der Waals surface area contributed by atoms with Crippen molar-refractivity contribution >= 4 is 45.4 Å². The number of ether oxygens (including phenoxy) is 2. The van der Waals surface area contributed by atoms with E-state index in [1.54, 1.807) is 6.07 Å². The van der Waals surface area contributed by atoms with Gasteiger partial charge in [-0.3, -0.25) is 4.79 Å². The van der Waals surface area contributed by atoms with E-state index >= 15 is 0 Å². The second kappa shape index (κ2) is 7.84. The van der Waals surface area contributed by atoms with Crippen molar-refractivity contribution < 1.29 is 31.7 Å². The number of rotatable bonds is 6. The van der Waals surface area contributed by atoms with E-state index in [0.29, 0.717) is 0 Å². The van der Waals surface area contributed by atoms with Crippen molar-refractivity contribution in [3.63, 3.8) is 0 Å². The topological polar surface area (TPSA) is 122 Å².